The molecule has 0 saturated heterocycles. The number of nitrogen functional groups attached to an aromatic ring is 1. The van der Waals surface area contributed by atoms with Crippen LogP contribution >= 0.6 is 11.6 Å². The Morgan fingerprint density at radius 2 is 2.29 bits per heavy atom. The molecule has 2 rings (SSSR count). The highest BCUT2D eigenvalue weighted by molar-refractivity contribution is 6.31. The molecule has 0 fully saturated rings. The average molecular weight is 210 g/mol. The number of hydrogen-bond donors (Lipinski definition) is 1. The summed E-state index contributed by atoms with van der Waals surface area (Å²) < 4.78 is 0. The smallest absolute Gasteiger partial charge is 0.165 e. The lowest BCUT2D eigenvalue weighted by molar-refractivity contribution is 0.593. The van der Waals surface area contributed by atoms with Crippen molar-refractivity contribution in [3.63, 3.8) is 0 Å². The molecule has 0 spiro atoms. The first-order valence-corrected chi connectivity index (χ1v) is 4.37. The Kier molecular flexibility index (Phi) is 2.32. The molecule has 0 atom stereocenters. The van der Waals surface area contributed by atoms with E-state index >= 15 is 0 Å². The zero-order chi connectivity index (χ0) is 9.97. The topological polar surface area (TPSA) is 69.6 Å². The molecule has 0 saturated carbocycles. The van der Waals surface area contributed by atoms with Crippen molar-refractivity contribution in [2.75, 3.05) is 5.73 Å². The predicted molar refractivity (Wildman–Crippen MR) is 52.8 cm³/mol. The quantitative estimate of drug-likeness (QED) is 0.800. The van der Waals surface area contributed by atoms with Gasteiger partial charge >= 0.3 is 0 Å². The molecule has 0 bridgehead atoms. The standard InChI is InChI=1S/C8H8ClN5/c9-7-3-11-2-1-6(7)5-14-12-4-8(10)13-14/h1-4H,5H2,(H2,10,13). The molecule has 2 N–H and O–H groups in total. The predicted octanol–water partition coefficient (Wildman–Crippen LogP) is 0.957. The molecule has 0 aliphatic heterocycles. The third-order valence-electron chi connectivity index (χ3n) is 1.72. The second kappa shape index (κ2) is 3.63. The van der Waals surface area contributed by atoms with Crippen LogP contribution in [0.2, 0.25) is 5.02 Å². The van der Waals surface area contributed by atoms with E-state index in [9.17, 15) is 0 Å². The van der Waals surface area contributed by atoms with Crippen molar-refractivity contribution in [3.05, 3.63) is 35.2 Å². The van der Waals surface area contributed by atoms with Crippen molar-refractivity contribution >= 4 is 17.4 Å². The number of nitrogens with two attached hydrogens (primary N) is 1. The van der Waals surface area contributed by atoms with E-state index in [1.807, 2.05) is 6.07 Å². The molecule has 0 amide bonds. The molecule has 5 nitrogen and oxygen atoms in total. The Hall–Kier alpha value is -1.62. The molecule has 0 aliphatic carbocycles. The van der Waals surface area contributed by atoms with Crippen LogP contribution < -0.4 is 5.73 Å². The van der Waals surface area contributed by atoms with Gasteiger partial charge in [0.2, 0.25) is 0 Å². The fourth-order valence-corrected chi connectivity index (χ4v) is 1.25. The van der Waals surface area contributed by atoms with E-state index in [1.165, 1.54) is 11.0 Å². The normalized spacial score (nSPS) is 10.4. The van der Waals surface area contributed by atoms with Gasteiger partial charge in [0, 0.05) is 12.4 Å². The second-order valence-electron chi connectivity index (χ2n) is 2.77. The van der Waals surface area contributed by atoms with Crippen LogP contribution in [0.25, 0.3) is 0 Å². The molecule has 0 aromatic carbocycles. The molecular weight excluding hydrogens is 202 g/mol. The summed E-state index contributed by atoms with van der Waals surface area (Å²) >= 11 is 5.92. The van der Waals surface area contributed by atoms with Gasteiger partial charge in [0.15, 0.2) is 5.82 Å². The maximum Gasteiger partial charge on any atom is 0.165 e. The minimum absolute atomic E-state index is 0.398. The van der Waals surface area contributed by atoms with Crippen molar-refractivity contribution in [1.29, 1.82) is 0 Å². The van der Waals surface area contributed by atoms with Gasteiger partial charge in [-0.15, -0.1) is 5.10 Å². The summed E-state index contributed by atoms with van der Waals surface area (Å²) in [7, 11) is 0. The highest BCUT2D eigenvalue weighted by atomic mass is 35.5. The van der Waals surface area contributed by atoms with E-state index in [-0.39, 0.29) is 0 Å². The van der Waals surface area contributed by atoms with Gasteiger partial charge in [0.05, 0.1) is 17.8 Å². The van der Waals surface area contributed by atoms with Crippen LogP contribution in [0.3, 0.4) is 0 Å². The van der Waals surface area contributed by atoms with Gasteiger partial charge in [-0.2, -0.15) is 9.90 Å². The van der Waals surface area contributed by atoms with Crippen molar-refractivity contribution in [2.24, 2.45) is 0 Å². The maximum absolute atomic E-state index is 5.92. The lowest BCUT2D eigenvalue weighted by Gasteiger charge is -2.01. The zero-order valence-corrected chi connectivity index (χ0v) is 8.02. The minimum Gasteiger partial charge on any atom is -0.381 e. The molecule has 2 aromatic heterocycles. The largest absolute Gasteiger partial charge is 0.381 e. The summed E-state index contributed by atoms with van der Waals surface area (Å²) in [5.74, 6) is 0.398. The molecule has 2 aromatic rings. The van der Waals surface area contributed by atoms with E-state index in [1.54, 1.807) is 12.4 Å². The third-order valence-corrected chi connectivity index (χ3v) is 2.06. The Morgan fingerprint density at radius 3 is 2.93 bits per heavy atom. The molecule has 72 valence electrons. The minimum atomic E-state index is 0.398. The van der Waals surface area contributed by atoms with Gasteiger partial charge in [0.1, 0.15) is 0 Å². The fraction of sp³-hybridized carbons (Fsp3) is 0.125. The summed E-state index contributed by atoms with van der Waals surface area (Å²) in [6, 6.07) is 1.82. The first kappa shape index (κ1) is 8.96. The second-order valence-corrected chi connectivity index (χ2v) is 3.17. The Bertz CT molecular complexity index is 439. The molecule has 0 aliphatic rings. The van der Waals surface area contributed by atoms with Gasteiger partial charge in [-0.05, 0) is 11.6 Å². The van der Waals surface area contributed by atoms with Crippen LogP contribution in [-0.2, 0) is 6.54 Å². The van der Waals surface area contributed by atoms with Crippen molar-refractivity contribution in [2.45, 2.75) is 6.54 Å². The summed E-state index contributed by atoms with van der Waals surface area (Å²) in [6.07, 6.45) is 4.76. The van der Waals surface area contributed by atoms with Crippen LogP contribution in [0.4, 0.5) is 5.82 Å². The van der Waals surface area contributed by atoms with Crippen LogP contribution in [-0.4, -0.2) is 20.0 Å². The number of rotatable bonds is 2. The molecule has 0 unspecified atom stereocenters. The van der Waals surface area contributed by atoms with Crippen molar-refractivity contribution < 1.29 is 0 Å². The van der Waals surface area contributed by atoms with E-state index < -0.39 is 0 Å². The molecule has 6 heteroatoms. The van der Waals surface area contributed by atoms with Crippen molar-refractivity contribution in [3.8, 4) is 0 Å². The Labute approximate surface area is 85.5 Å². The summed E-state index contributed by atoms with van der Waals surface area (Å²) in [4.78, 5) is 5.37. The lowest BCUT2D eigenvalue weighted by atomic mass is 10.3. The number of aromatic nitrogens is 4. The number of halogens is 1. The van der Waals surface area contributed by atoms with Crippen LogP contribution in [0.15, 0.2) is 24.7 Å². The molecule has 0 radical (unpaired) electrons. The Balaban J connectivity index is 2.23. The average Bonchev–Trinajstić information content (AvgIpc) is 2.56. The van der Waals surface area contributed by atoms with Gasteiger partial charge in [-0.1, -0.05) is 11.6 Å². The van der Waals surface area contributed by atoms with E-state index in [0.29, 0.717) is 17.4 Å². The molecule has 2 heterocycles. The molecular formula is C8H8ClN5. The first-order valence-electron chi connectivity index (χ1n) is 4.00. The van der Waals surface area contributed by atoms with Gasteiger partial charge < -0.3 is 5.73 Å². The van der Waals surface area contributed by atoms with Crippen LogP contribution in [0.1, 0.15) is 5.56 Å². The summed E-state index contributed by atoms with van der Waals surface area (Å²) in [5.41, 5.74) is 6.34. The van der Waals surface area contributed by atoms with Gasteiger partial charge in [-0.3, -0.25) is 4.98 Å². The highest BCUT2D eigenvalue weighted by Gasteiger charge is 2.02. The SMILES string of the molecule is Nc1cnn(Cc2ccncc2Cl)n1. The van der Waals surface area contributed by atoms with Crippen molar-refractivity contribution in [1.82, 2.24) is 20.0 Å². The van der Waals surface area contributed by atoms with Gasteiger partial charge in [0.25, 0.3) is 0 Å². The van der Waals surface area contributed by atoms with E-state index in [2.05, 4.69) is 15.2 Å². The van der Waals surface area contributed by atoms with Gasteiger partial charge in [-0.25, -0.2) is 0 Å². The zero-order valence-electron chi connectivity index (χ0n) is 7.26. The number of pyridine rings is 1. The van der Waals surface area contributed by atoms with Crippen LogP contribution in [0.5, 0.6) is 0 Å². The number of anilines is 1. The highest BCUT2D eigenvalue weighted by Crippen LogP contribution is 2.13. The molecule has 14 heavy (non-hydrogen) atoms. The monoisotopic (exact) mass is 209 g/mol. The maximum atomic E-state index is 5.92. The fourth-order valence-electron chi connectivity index (χ4n) is 1.07. The third kappa shape index (κ3) is 1.82. The van der Waals surface area contributed by atoms with Crippen LogP contribution in [0, 0.1) is 0 Å². The lowest BCUT2D eigenvalue weighted by Crippen LogP contribution is -2.04. The summed E-state index contributed by atoms with van der Waals surface area (Å²) in [5, 5.41) is 8.51. The van der Waals surface area contributed by atoms with E-state index in [4.69, 9.17) is 17.3 Å². The summed E-state index contributed by atoms with van der Waals surface area (Å²) in [6.45, 7) is 0.499. The number of nitrogens with zero attached hydrogens (tertiary/aromatic N) is 4. The van der Waals surface area contributed by atoms with E-state index in [0.717, 1.165) is 5.56 Å². The first-order chi connectivity index (χ1) is 6.75. The number of hydrogen-bond acceptors (Lipinski definition) is 4. The Morgan fingerprint density at radius 1 is 1.43 bits per heavy atom.